The second-order valence-corrected chi connectivity index (χ2v) is 7.19. The molecule has 0 radical (unpaired) electrons. The highest BCUT2D eigenvalue weighted by Gasteiger charge is 2.29. The van der Waals surface area contributed by atoms with E-state index in [2.05, 4.69) is 10.3 Å². The highest BCUT2D eigenvalue weighted by molar-refractivity contribution is 6.05. The van der Waals surface area contributed by atoms with E-state index >= 15 is 0 Å². The fourth-order valence-electron chi connectivity index (χ4n) is 3.57. The van der Waals surface area contributed by atoms with Crippen molar-refractivity contribution < 1.29 is 19.4 Å². The van der Waals surface area contributed by atoms with Gasteiger partial charge in [0.25, 0.3) is 0 Å². The first-order chi connectivity index (χ1) is 14.6. The number of hydrogen-bond acceptors (Lipinski definition) is 6. The molecule has 0 aromatic heterocycles. The number of fused-ring (bicyclic) bond motifs is 2. The van der Waals surface area contributed by atoms with E-state index < -0.39 is 0 Å². The number of amides is 2. The molecule has 0 saturated carbocycles. The van der Waals surface area contributed by atoms with E-state index in [-0.39, 0.29) is 25.0 Å². The van der Waals surface area contributed by atoms with Gasteiger partial charge in [0.2, 0.25) is 17.8 Å². The Hall–Kier alpha value is -3.39. The van der Waals surface area contributed by atoms with Crippen LogP contribution in [0, 0.1) is 0 Å². The molecule has 156 valence electrons. The number of para-hydroxylation sites is 1. The number of nitrogens with zero attached hydrogens (tertiary/aromatic N) is 3. The van der Waals surface area contributed by atoms with Gasteiger partial charge in [-0.15, -0.1) is 0 Å². The summed E-state index contributed by atoms with van der Waals surface area (Å²) in [5.74, 6) is 1.17. The van der Waals surface area contributed by atoms with Gasteiger partial charge in [-0.2, -0.15) is 0 Å². The molecule has 0 atom stereocenters. The summed E-state index contributed by atoms with van der Waals surface area (Å²) < 4.78 is 5.81. The quantitative estimate of drug-likeness (QED) is 0.650. The molecule has 2 aromatic rings. The normalized spacial score (nSPS) is 14.5. The number of nitrogens with one attached hydrogen (secondary N) is 1. The van der Waals surface area contributed by atoms with Crippen molar-refractivity contribution >= 4 is 29.1 Å². The van der Waals surface area contributed by atoms with E-state index in [9.17, 15) is 14.7 Å². The molecular weight excluding hydrogens is 384 g/mol. The molecule has 0 aliphatic carbocycles. The van der Waals surface area contributed by atoms with Gasteiger partial charge in [-0.1, -0.05) is 24.3 Å². The standard InChI is InChI=1S/C22H24N4O4/c27-11-10-26(17-5-2-1-3-6-17)21(29)7-4-12-30-18-9-8-16-14-25-15-20(28)24-22(25)23-19(16)13-18/h1-3,5-6,8-9,13,27H,4,7,10-12,14-15H2,(H,23,24,28). The van der Waals surface area contributed by atoms with E-state index in [4.69, 9.17) is 4.74 Å². The molecule has 2 amide bonds. The zero-order chi connectivity index (χ0) is 20.9. The Morgan fingerprint density at radius 3 is 2.83 bits per heavy atom. The molecule has 1 fully saturated rings. The maximum atomic E-state index is 12.6. The van der Waals surface area contributed by atoms with Gasteiger partial charge in [0.15, 0.2) is 0 Å². The fraction of sp³-hybridized carbons (Fsp3) is 0.318. The van der Waals surface area contributed by atoms with Crippen LogP contribution < -0.4 is 15.0 Å². The van der Waals surface area contributed by atoms with Crippen molar-refractivity contribution in [1.82, 2.24) is 10.2 Å². The molecule has 1 saturated heterocycles. The van der Waals surface area contributed by atoms with Gasteiger partial charge < -0.3 is 19.6 Å². The molecule has 30 heavy (non-hydrogen) atoms. The molecule has 0 spiro atoms. The van der Waals surface area contributed by atoms with Crippen LogP contribution in [-0.2, 0) is 16.1 Å². The Bertz CT molecular complexity index is 961. The van der Waals surface area contributed by atoms with Gasteiger partial charge in [0, 0.05) is 31.3 Å². The number of hydrogen-bond donors (Lipinski definition) is 2. The van der Waals surface area contributed by atoms with E-state index in [0.717, 1.165) is 16.9 Å². The monoisotopic (exact) mass is 408 g/mol. The number of aliphatic hydroxyl groups excluding tert-OH is 1. The van der Waals surface area contributed by atoms with Crippen LogP contribution in [0.5, 0.6) is 5.75 Å². The first kappa shape index (κ1) is 19.9. The van der Waals surface area contributed by atoms with Gasteiger partial charge in [-0.3, -0.25) is 14.9 Å². The second kappa shape index (κ2) is 8.96. The van der Waals surface area contributed by atoms with Crippen molar-refractivity contribution in [1.29, 1.82) is 0 Å². The Balaban J connectivity index is 1.30. The summed E-state index contributed by atoms with van der Waals surface area (Å²) >= 11 is 0. The number of carbonyl (C=O) groups excluding carboxylic acids is 2. The summed E-state index contributed by atoms with van der Waals surface area (Å²) in [7, 11) is 0. The predicted octanol–water partition coefficient (Wildman–Crippen LogP) is 1.80. The minimum absolute atomic E-state index is 0.0477. The summed E-state index contributed by atoms with van der Waals surface area (Å²) in [6.45, 7) is 1.55. The third-order valence-corrected chi connectivity index (χ3v) is 5.03. The van der Waals surface area contributed by atoms with E-state index in [1.807, 2.05) is 53.4 Å². The maximum Gasteiger partial charge on any atom is 0.246 e. The molecule has 0 bridgehead atoms. The first-order valence-electron chi connectivity index (χ1n) is 9.99. The number of aliphatic imine (C=N–C) groups is 1. The van der Waals surface area contributed by atoms with Gasteiger partial charge in [-0.25, -0.2) is 4.99 Å². The third kappa shape index (κ3) is 4.44. The number of guanidine groups is 1. The number of rotatable bonds is 8. The van der Waals surface area contributed by atoms with Crippen molar-refractivity contribution in [2.45, 2.75) is 19.4 Å². The van der Waals surface area contributed by atoms with Crippen molar-refractivity contribution in [2.75, 3.05) is 31.2 Å². The number of carbonyl (C=O) groups is 2. The van der Waals surface area contributed by atoms with Gasteiger partial charge in [0.05, 0.1) is 18.9 Å². The van der Waals surface area contributed by atoms with Gasteiger partial charge in [0.1, 0.15) is 12.3 Å². The average Bonchev–Trinajstić information content (AvgIpc) is 3.12. The second-order valence-electron chi connectivity index (χ2n) is 7.19. The third-order valence-electron chi connectivity index (χ3n) is 5.03. The summed E-state index contributed by atoms with van der Waals surface area (Å²) in [4.78, 5) is 32.1. The van der Waals surface area contributed by atoms with E-state index in [0.29, 0.717) is 44.2 Å². The molecule has 2 heterocycles. The molecular formula is C22H24N4O4. The molecule has 8 nitrogen and oxygen atoms in total. The number of benzene rings is 2. The molecule has 2 N–H and O–H groups in total. The van der Waals surface area contributed by atoms with Crippen LogP contribution in [0.3, 0.4) is 0 Å². The summed E-state index contributed by atoms with van der Waals surface area (Å²) in [5.41, 5.74) is 2.61. The molecule has 8 heteroatoms. The molecule has 2 aromatic carbocycles. The van der Waals surface area contributed by atoms with Crippen LogP contribution in [0.15, 0.2) is 53.5 Å². The summed E-state index contributed by atoms with van der Waals surface area (Å²) in [5, 5.41) is 12.0. The van der Waals surface area contributed by atoms with Gasteiger partial charge >= 0.3 is 0 Å². The Morgan fingerprint density at radius 1 is 1.20 bits per heavy atom. The lowest BCUT2D eigenvalue weighted by Crippen LogP contribution is -2.33. The highest BCUT2D eigenvalue weighted by atomic mass is 16.5. The van der Waals surface area contributed by atoms with Crippen LogP contribution in [0.2, 0.25) is 0 Å². The molecule has 4 rings (SSSR count). The Kier molecular flexibility index (Phi) is 5.94. The Labute approximate surface area is 174 Å². The van der Waals surface area contributed by atoms with Crippen molar-refractivity contribution in [3.63, 3.8) is 0 Å². The fourth-order valence-corrected chi connectivity index (χ4v) is 3.57. The van der Waals surface area contributed by atoms with Crippen LogP contribution in [0.4, 0.5) is 11.4 Å². The summed E-state index contributed by atoms with van der Waals surface area (Å²) in [6, 6.07) is 15.0. The molecule has 2 aliphatic rings. The maximum absolute atomic E-state index is 12.6. The minimum atomic E-state index is -0.0906. The van der Waals surface area contributed by atoms with Crippen molar-refractivity contribution in [3.8, 4) is 5.75 Å². The summed E-state index contributed by atoms with van der Waals surface area (Å²) in [6.07, 6.45) is 0.881. The lowest BCUT2D eigenvalue weighted by atomic mass is 10.1. The number of ether oxygens (including phenoxy) is 1. The number of aliphatic hydroxyl groups is 1. The first-order valence-corrected chi connectivity index (χ1v) is 9.99. The predicted molar refractivity (Wildman–Crippen MR) is 113 cm³/mol. The van der Waals surface area contributed by atoms with E-state index in [1.165, 1.54) is 0 Å². The Morgan fingerprint density at radius 2 is 2.03 bits per heavy atom. The largest absolute Gasteiger partial charge is 0.494 e. The zero-order valence-corrected chi connectivity index (χ0v) is 16.6. The number of anilines is 1. The topological polar surface area (TPSA) is 94.5 Å². The smallest absolute Gasteiger partial charge is 0.246 e. The van der Waals surface area contributed by atoms with Crippen molar-refractivity contribution in [3.05, 3.63) is 54.1 Å². The molecule has 0 unspecified atom stereocenters. The average molecular weight is 408 g/mol. The van der Waals surface area contributed by atoms with Crippen LogP contribution >= 0.6 is 0 Å². The zero-order valence-electron chi connectivity index (χ0n) is 16.6. The molecule has 2 aliphatic heterocycles. The van der Waals surface area contributed by atoms with E-state index in [1.54, 1.807) is 4.90 Å². The van der Waals surface area contributed by atoms with Crippen LogP contribution in [-0.4, -0.2) is 54.1 Å². The van der Waals surface area contributed by atoms with Gasteiger partial charge in [-0.05, 0) is 30.2 Å². The van der Waals surface area contributed by atoms with Crippen LogP contribution in [0.1, 0.15) is 18.4 Å². The SMILES string of the molecule is O=C1CN2Cc3ccc(OCCCC(=O)N(CCO)c4ccccc4)cc3N=C2N1. The highest BCUT2D eigenvalue weighted by Crippen LogP contribution is 2.30. The van der Waals surface area contributed by atoms with Crippen LogP contribution in [0.25, 0.3) is 0 Å². The minimum Gasteiger partial charge on any atom is -0.494 e. The van der Waals surface area contributed by atoms with Crippen molar-refractivity contribution in [2.24, 2.45) is 4.99 Å². The lowest BCUT2D eigenvalue weighted by Gasteiger charge is -2.23. The lowest BCUT2D eigenvalue weighted by molar-refractivity contribution is -0.119.